The Morgan fingerprint density at radius 2 is 1.67 bits per heavy atom. The zero-order chi connectivity index (χ0) is 27.9. The molecule has 0 aliphatic carbocycles. The van der Waals surface area contributed by atoms with Gasteiger partial charge in [0.05, 0.1) is 11.3 Å². The molecule has 4 aromatic rings. The van der Waals surface area contributed by atoms with Gasteiger partial charge in [0.2, 0.25) is 11.2 Å². The van der Waals surface area contributed by atoms with Gasteiger partial charge in [-0.15, -0.1) is 0 Å². The summed E-state index contributed by atoms with van der Waals surface area (Å²) in [7, 11) is 1.95. The highest BCUT2D eigenvalue weighted by Gasteiger charge is 2.15. The van der Waals surface area contributed by atoms with Crippen molar-refractivity contribution in [3.8, 4) is 0 Å². The van der Waals surface area contributed by atoms with Crippen LogP contribution in [-0.2, 0) is 7.05 Å². The van der Waals surface area contributed by atoms with Gasteiger partial charge < -0.3 is 19.5 Å². The highest BCUT2D eigenvalue weighted by atomic mass is 19.1. The minimum atomic E-state index is -0.378. The summed E-state index contributed by atoms with van der Waals surface area (Å²) in [6.45, 7) is 14.0. The number of nitrogens with one attached hydrogen (secondary N) is 1. The molecule has 0 spiro atoms. The fourth-order valence-corrected chi connectivity index (χ4v) is 4.99. The summed E-state index contributed by atoms with van der Waals surface area (Å²) in [5, 5.41) is 4.96. The van der Waals surface area contributed by atoms with Crippen LogP contribution >= 0.6 is 0 Å². The van der Waals surface area contributed by atoms with Gasteiger partial charge in [0.15, 0.2) is 0 Å². The molecule has 2 aromatic heterocycles. The summed E-state index contributed by atoms with van der Waals surface area (Å²) in [4.78, 5) is 17.3. The van der Waals surface area contributed by atoms with Crippen LogP contribution in [0, 0.1) is 5.82 Å². The van der Waals surface area contributed by atoms with Crippen LogP contribution in [0.15, 0.2) is 57.7 Å². The van der Waals surface area contributed by atoms with E-state index in [0.29, 0.717) is 23.4 Å². The van der Waals surface area contributed by atoms with Crippen molar-refractivity contribution >= 4 is 45.4 Å². The lowest BCUT2D eigenvalue weighted by Gasteiger charge is -2.20. The van der Waals surface area contributed by atoms with Crippen molar-refractivity contribution < 1.29 is 13.4 Å². The molecule has 0 radical (unpaired) electrons. The summed E-state index contributed by atoms with van der Waals surface area (Å²) in [6.07, 6.45) is 4.61. The van der Waals surface area contributed by atoms with E-state index >= 15 is 0 Å². The van der Waals surface area contributed by atoms with Crippen LogP contribution in [0.25, 0.3) is 34.0 Å². The lowest BCUT2D eigenvalue weighted by Crippen LogP contribution is -2.32. The molecular weight excluding hydrogens is 491 g/mol. The third-order valence-corrected chi connectivity index (χ3v) is 7.47. The molecule has 2 aromatic carbocycles. The molecule has 0 fully saturated rings. The zero-order valence-corrected chi connectivity index (χ0v) is 23.8. The molecule has 6 nitrogen and oxygen atoms in total. The summed E-state index contributed by atoms with van der Waals surface area (Å²) in [6, 6.07) is 15.1. The molecule has 0 amide bonds. The monoisotopic (exact) mass is 531 g/mol. The molecule has 0 bridgehead atoms. The van der Waals surface area contributed by atoms with Crippen molar-refractivity contribution in [2.45, 2.75) is 34.1 Å². The molecule has 0 saturated heterocycles. The highest BCUT2D eigenvalue weighted by molar-refractivity contribution is 5.84. The summed E-state index contributed by atoms with van der Waals surface area (Å²) >= 11 is 0. The predicted octanol–water partition coefficient (Wildman–Crippen LogP) is 6.07. The Kier molecular flexibility index (Phi) is 9.36. The third kappa shape index (κ3) is 6.48. The van der Waals surface area contributed by atoms with Gasteiger partial charge in [-0.1, -0.05) is 13.8 Å². The van der Waals surface area contributed by atoms with E-state index in [2.05, 4.69) is 48.9 Å². The number of hydrogen-bond acceptors (Lipinski definition) is 5. The first kappa shape index (κ1) is 28.3. The first-order valence-corrected chi connectivity index (χ1v) is 14.0. The molecule has 206 valence electrons. The zero-order valence-electron chi connectivity index (χ0n) is 23.8. The molecule has 0 aliphatic rings. The minimum Gasteiger partial charge on any atom is -0.422 e. The number of anilines is 2. The first-order valence-electron chi connectivity index (χ1n) is 14.0. The second-order valence-corrected chi connectivity index (χ2v) is 9.73. The van der Waals surface area contributed by atoms with Crippen molar-refractivity contribution in [3.63, 3.8) is 0 Å². The maximum absolute atomic E-state index is 14.8. The molecular formula is C32H40FN4O2+. The fraction of sp³-hybridized carbons (Fsp3) is 0.375. The topological polar surface area (TPSA) is 52.6 Å². The number of fused-ring (bicyclic) bond motifs is 2. The number of benzene rings is 2. The van der Waals surface area contributed by atoms with Crippen molar-refractivity contribution in [1.29, 1.82) is 0 Å². The van der Waals surface area contributed by atoms with Crippen LogP contribution < -0.4 is 20.4 Å². The Morgan fingerprint density at radius 1 is 0.923 bits per heavy atom. The normalized spacial score (nSPS) is 11.8. The van der Waals surface area contributed by atoms with Crippen molar-refractivity contribution in [1.82, 2.24) is 4.90 Å². The summed E-state index contributed by atoms with van der Waals surface area (Å²) < 4.78 is 22.5. The van der Waals surface area contributed by atoms with Crippen molar-refractivity contribution in [2.75, 3.05) is 49.5 Å². The van der Waals surface area contributed by atoms with Gasteiger partial charge in [-0.3, -0.25) is 0 Å². The van der Waals surface area contributed by atoms with Gasteiger partial charge in [-0.05, 0) is 76.3 Å². The standard InChI is InChI=1S/C32H39FN4O2/c1-6-36(7-2)18-10-17-34-29-22-30-23(20-28(29)33)11-14-26(35(30)5)15-13-25-19-24-12-16-27(37(8-3)9-4)21-31(24)39-32(25)38/h11-16,19-22H,6-10,17-18H2,1-5H3/p+1/b15-13+. The molecule has 7 heteroatoms. The number of pyridine rings is 1. The van der Waals surface area contributed by atoms with E-state index in [1.54, 1.807) is 12.1 Å². The number of halogens is 1. The average molecular weight is 532 g/mol. The van der Waals surface area contributed by atoms with Gasteiger partial charge >= 0.3 is 5.63 Å². The Hall–Kier alpha value is -3.71. The second kappa shape index (κ2) is 12.9. The molecule has 0 unspecified atom stereocenters. The number of aryl methyl sites for hydroxylation is 1. The van der Waals surface area contributed by atoms with Crippen LogP contribution in [0.1, 0.15) is 45.4 Å². The van der Waals surface area contributed by atoms with Crippen LogP contribution in [0.5, 0.6) is 0 Å². The minimum absolute atomic E-state index is 0.258. The van der Waals surface area contributed by atoms with Crippen molar-refractivity contribution in [3.05, 3.63) is 76.0 Å². The number of nitrogens with zero attached hydrogens (tertiary/aromatic N) is 3. The molecule has 4 rings (SSSR count). The molecule has 0 saturated carbocycles. The molecule has 39 heavy (non-hydrogen) atoms. The lowest BCUT2D eigenvalue weighted by molar-refractivity contribution is -0.646. The fourth-order valence-electron chi connectivity index (χ4n) is 4.99. The average Bonchev–Trinajstić information content (AvgIpc) is 2.94. The lowest BCUT2D eigenvalue weighted by atomic mass is 10.1. The smallest absolute Gasteiger partial charge is 0.343 e. The Morgan fingerprint density at radius 3 is 2.38 bits per heavy atom. The van der Waals surface area contributed by atoms with E-state index in [-0.39, 0.29) is 11.4 Å². The van der Waals surface area contributed by atoms with Crippen LogP contribution in [-0.4, -0.2) is 44.2 Å². The van der Waals surface area contributed by atoms with E-state index in [1.807, 2.05) is 54.1 Å². The summed E-state index contributed by atoms with van der Waals surface area (Å²) in [5.74, 6) is -0.258. The van der Waals surface area contributed by atoms with Crippen molar-refractivity contribution in [2.24, 2.45) is 7.05 Å². The van der Waals surface area contributed by atoms with Gasteiger partial charge in [0, 0.05) is 60.4 Å². The van der Waals surface area contributed by atoms with Crippen LogP contribution in [0.3, 0.4) is 0 Å². The van der Waals surface area contributed by atoms with Crippen LogP contribution in [0.4, 0.5) is 15.8 Å². The van der Waals surface area contributed by atoms with Gasteiger partial charge in [-0.2, -0.15) is 4.57 Å². The largest absolute Gasteiger partial charge is 0.422 e. The number of hydrogen-bond donors (Lipinski definition) is 1. The first-order chi connectivity index (χ1) is 18.9. The quantitative estimate of drug-likeness (QED) is 0.137. The predicted molar refractivity (Wildman–Crippen MR) is 161 cm³/mol. The van der Waals surface area contributed by atoms with Crippen LogP contribution in [0.2, 0.25) is 0 Å². The van der Waals surface area contributed by atoms with Gasteiger partial charge in [0.1, 0.15) is 18.4 Å². The van der Waals surface area contributed by atoms with E-state index in [0.717, 1.165) is 66.8 Å². The summed E-state index contributed by atoms with van der Waals surface area (Å²) in [5.41, 5.74) is 4.01. The van der Waals surface area contributed by atoms with E-state index in [1.165, 1.54) is 0 Å². The number of rotatable bonds is 12. The second-order valence-electron chi connectivity index (χ2n) is 9.73. The Balaban J connectivity index is 1.57. The van der Waals surface area contributed by atoms with E-state index < -0.39 is 0 Å². The molecule has 1 N–H and O–H groups in total. The van der Waals surface area contributed by atoms with E-state index in [4.69, 9.17) is 4.42 Å². The molecule has 0 atom stereocenters. The Bertz CT molecular complexity index is 1520. The molecule has 2 heterocycles. The van der Waals surface area contributed by atoms with Gasteiger partial charge in [-0.25, -0.2) is 9.18 Å². The maximum atomic E-state index is 14.8. The van der Waals surface area contributed by atoms with Gasteiger partial charge in [0.25, 0.3) is 0 Å². The molecule has 0 aliphatic heterocycles. The Labute approximate surface area is 230 Å². The third-order valence-electron chi connectivity index (χ3n) is 7.47. The number of aromatic nitrogens is 1. The highest BCUT2D eigenvalue weighted by Crippen LogP contribution is 2.24. The van der Waals surface area contributed by atoms with E-state index in [9.17, 15) is 9.18 Å². The maximum Gasteiger partial charge on any atom is 0.343 e. The SMILES string of the molecule is CCN(CC)CCCNc1cc2c(ccc(/C=C/c3cc4ccc(N(CC)CC)cc4oc3=O)[n+]2C)cc1F.